The topological polar surface area (TPSA) is 89.0 Å². The number of amides is 1. The molecule has 2 N–H and O–H groups in total. The second-order valence-corrected chi connectivity index (χ2v) is 9.58. The number of thioether (sulfide) groups is 1. The first-order valence-electron chi connectivity index (χ1n) is 10.3. The molecule has 10 heteroatoms. The van der Waals surface area contributed by atoms with Gasteiger partial charge >= 0.3 is 0 Å². The van der Waals surface area contributed by atoms with Gasteiger partial charge in [0.05, 0.1) is 11.3 Å². The molecule has 1 spiro atoms. The number of para-hydroxylation sites is 1. The Morgan fingerprint density at radius 2 is 1.85 bits per heavy atom. The highest BCUT2D eigenvalue weighted by atomic mass is 79.9. The van der Waals surface area contributed by atoms with Gasteiger partial charge in [-0.15, -0.1) is 10.2 Å². The zero-order valence-electron chi connectivity index (χ0n) is 17.4. The van der Waals surface area contributed by atoms with Crippen molar-refractivity contribution in [1.82, 2.24) is 15.2 Å². The number of fused-ring (bicyclic) bond motifs is 5. The molecule has 1 aromatic heterocycles. The fourth-order valence-electron chi connectivity index (χ4n) is 3.99. The van der Waals surface area contributed by atoms with Crippen molar-refractivity contribution in [3.05, 3.63) is 88.1 Å². The summed E-state index contributed by atoms with van der Waals surface area (Å²) in [6.45, 7) is 0. The third kappa shape index (κ3) is 3.41. The quantitative estimate of drug-likeness (QED) is 0.342. The molecule has 34 heavy (non-hydrogen) atoms. The smallest absolute Gasteiger partial charge is 0.295 e. The monoisotopic (exact) mass is 535 g/mol. The Hall–Kier alpha value is -3.50. The van der Waals surface area contributed by atoms with Crippen molar-refractivity contribution in [3.63, 3.8) is 0 Å². The highest BCUT2D eigenvalue weighted by molar-refractivity contribution is 9.10. The van der Waals surface area contributed by atoms with Crippen LogP contribution in [0, 0.1) is 5.82 Å². The molecular formula is C24H15BrFN5O2S. The Bertz CT molecular complexity index is 1470. The summed E-state index contributed by atoms with van der Waals surface area (Å²) in [6, 6.07) is 19.5. The fraction of sp³-hybridized carbons (Fsp3) is 0.0833. The van der Waals surface area contributed by atoms with Crippen molar-refractivity contribution in [2.75, 3.05) is 10.6 Å². The first-order valence-corrected chi connectivity index (χ1v) is 12.1. The predicted octanol–water partition coefficient (Wildman–Crippen LogP) is 5.34. The number of hydrogen-bond donors (Lipinski definition) is 2. The van der Waals surface area contributed by atoms with Crippen molar-refractivity contribution in [1.29, 1.82) is 0 Å². The molecule has 0 unspecified atom stereocenters. The summed E-state index contributed by atoms with van der Waals surface area (Å²) < 4.78 is 21.2. The molecule has 6 rings (SSSR count). The predicted molar refractivity (Wildman–Crippen MR) is 130 cm³/mol. The maximum absolute atomic E-state index is 14.1. The molecule has 0 bridgehead atoms. The van der Waals surface area contributed by atoms with Gasteiger partial charge in [0, 0.05) is 21.5 Å². The van der Waals surface area contributed by atoms with E-state index >= 15 is 0 Å². The lowest BCUT2D eigenvalue weighted by Crippen LogP contribution is -2.47. The normalized spacial score (nSPS) is 17.6. The summed E-state index contributed by atoms with van der Waals surface area (Å²) in [5.41, 5.74) is 2.01. The average molecular weight is 536 g/mol. The van der Waals surface area contributed by atoms with Crippen LogP contribution in [-0.2, 0) is 16.3 Å². The molecule has 0 radical (unpaired) electrons. The minimum atomic E-state index is -1.55. The zero-order chi connectivity index (χ0) is 23.3. The summed E-state index contributed by atoms with van der Waals surface area (Å²) >= 11 is 4.72. The highest BCUT2D eigenvalue weighted by Crippen LogP contribution is 2.47. The van der Waals surface area contributed by atoms with Crippen LogP contribution in [0.15, 0.2) is 76.4 Å². The number of carbonyl (C=O) groups excluding carboxylic acids is 1. The number of rotatable bonds is 3. The van der Waals surface area contributed by atoms with Gasteiger partial charge in [0.25, 0.3) is 11.6 Å². The van der Waals surface area contributed by atoms with Crippen LogP contribution in [0.25, 0.3) is 11.3 Å². The molecule has 168 valence electrons. The molecule has 0 aliphatic carbocycles. The third-order valence-corrected chi connectivity index (χ3v) is 7.00. The highest BCUT2D eigenvalue weighted by Gasteiger charge is 2.52. The van der Waals surface area contributed by atoms with E-state index < -0.39 is 5.72 Å². The van der Waals surface area contributed by atoms with Crippen LogP contribution in [0.5, 0.6) is 5.88 Å². The molecule has 0 saturated heterocycles. The van der Waals surface area contributed by atoms with E-state index in [-0.39, 0.29) is 17.6 Å². The number of nitrogens with zero attached hydrogens (tertiary/aromatic N) is 3. The van der Waals surface area contributed by atoms with E-state index in [1.54, 1.807) is 18.2 Å². The molecular weight excluding hydrogens is 521 g/mol. The minimum absolute atomic E-state index is 0.159. The summed E-state index contributed by atoms with van der Waals surface area (Å²) in [5, 5.41) is 15.1. The average Bonchev–Trinajstić information content (AvgIpc) is 3.00. The first kappa shape index (κ1) is 21.1. The standard InChI is InChI=1S/C24H15BrFN5O2S/c25-14-9-10-19-16(11-14)24(22(32)27-19)29-18-8-4-2-6-15(18)20-21(33-24)28-23(31-30-20)34-12-13-5-1-3-7-17(13)26/h1-11,29H,12H2,(H,27,32)/t24-/m1/s1. The molecule has 4 aromatic rings. The van der Waals surface area contributed by atoms with Crippen molar-refractivity contribution in [2.45, 2.75) is 16.6 Å². The first-order chi connectivity index (χ1) is 16.5. The van der Waals surface area contributed by atoms with E-state index in [1.165, 1.54) is 17.8 Å². The molecule has 2 aliphatic heterocycles. The molecule has 3 heterocycles. The van der Waals surface area contributed by atoms with Gasteiger partial charge < -0.3 is 15.4 Å². The minimum Gasteiger partial charge on any atom is -0.435 e. The Morgan fingerprint density at radius 1 is 1.03 bits per heavy atom. The van der Waals surface area contributed by atoms with E-state index in [4.69, 9.17) is 4.74 Å². The van der Waals surface area contributed by atoms with E-state index in [0.717, 1.165) is 4.47 Å². The fourth-order valence-corrected chi connectivity index (χ4v) is 5.12. The second kappa shape index (κ2) is 8.07. The molecule has 3 aromatic carbocycles. The van der Waals surface area contributed by atoms with E-state index in [0.29, 0.717) is 44.7 Å². The Morgan fingerprint density at radius 3 is 2.74 bits per heavy atom. The molecule has 0 fully saturated rings. The number of anilines is 2. The summed E-state index contributed by atoms with van der Waals surface area (Å²) in [6.07, 6.45) is 0. The third-order valence-electron chi connectivity index (χ3n) is 5.62. The lowest BCUT2D eigenvalue weighted by atomic mass is 10.0. The van der Waals surface area contributed by atoms with Crippen LogP contribution in [0.4, 0.5) is 15.8 Å². The SMILES string of the molecule is O=C1Nc2ccc(Br)cc2[C@]12Nc1ccccc1-c1nnc(SCc3ccccc3F)nc1O2. The van der Waals surface area contributed by atoms with Crippen LogP contribution < -0.4 is 15.4 Å². The van der Waals surface area contributed by atoms with Crippen molar-refractivity contribution >= 4 is 45.0 Å². The molecule has 7 nitrogen and oxygen atoms in total. The van der Waals surface area contributed by atoms with Gasteiger partial charge in [-0.25, -0.2) is 4.39 Å². The summed E-state index contributed by atoms with van der Waals surface area (Å²) in [7, 11) is 0. The number of nitrogens with one attached hydrogen (secondary N) is 2. The molecule has 0 saturated carbocycles. The van der Waals surface area contributed by atoms with Crippen LogP contribution in [0.2, 0.25) is 0 Å². The van der Waals surface area contributed by atoms with Gasteiger partial charge in [0.15, 0.2) is 5.69 Å². The number of hydrogen-bond acceptors (Lipinski definition) is 7. The second-order valence-electron chi connectivity index (χ2n) is 7.73. The van der Waals surface area contributed by atoms with Gasteiger partial charge in [0.1, 0.15) is 5.82 Å². The lowest BCUT2D eigenvalue weighted by molar-refractivity contribution is -0.128. The van der Waals surface area contributed by atoms with Crippen molar-refractivity contribution < 1.29 is 13.9 Å². The van der Waals surface area contributed by atoms with Crippen LogP contribution in [0.1, 0.15) is 11.1 Å². The Kier molecular flexibility index (Phi) is 5.00. The van der Waals surface area contributed by atoms with Gasteiger partial charge in [-0.3, -0.25) is 4.79 Å². The van der Waals surface area contributed by atoms with Gasteiger partial charge in [-0.2, -0.15) is 4.98 Å². The maximum atomic E-state index is 14.1. The number of carbonyl (C=O) groups is 1. The van der Waals surface area contributed by atoms with Crippen LogP contribution >= 0.6 is 27.7 Å². The number of halogens is 2. The lowest BCUT2D eigenvalue weighted by Gasteiger charge is -2.28. The van der Waals surface area contributed by atoms with Gasteiger partial charge in [-0.1, -0.05) is 64.1 Å². The molecule has 1 atom stereocenters. The Labute approximate surface area is 206 Å². The summed E-state index contributed by atoms with van der Waals surface area (Å²) in [4.78, 5) is 17.9. The van der Waals surface area contributed by atoms with Gasteiger partial charge in [-0.05, 0) is 35.9 Å². The van der Waals surface area contributed by atoms with Crippen LogP contribution in [0.3, 0.4) is 0 Å². The maximum Gasteiger partial charge on any atom is 0.295 e. The number of aromatic nitrogens is 3. The van der Waals surface area contributed by atoms with Gasteiger partial charge in [0.2, 0.25) is 11.0 Å². The van der Waals surface area contributed by atoms with Crippen LogP contribution in [-0.4, -0.2) is 21.1 Å². The van der Waals surface area contributed by atoms with E-state index in [1.807, 2.05) is 42.5 Å². The molecule has 1 amide bonds. The largest absolute Gasteiger partial charge is 0.435 e. The number of ether oxygens (including phenoxy) is 1. The van der Waals surface area contributed by atoms with E-state index in [9.17, 15) is 9.18 Å². The molecule has 2 aliphatic rings. The van der Waals surface area contributed by atoms with Crippen molar-refractivity contribution in [3.8, 4) is 17.1 Å². The Balaban J connectivity index is 1.45. The van der Waals surface area contributed by atoms with Crippen molar-refractivity contribution in [2.24, 2.45) is 0 Å². The zero-order valence-corrected chi connectivity index (χ0v) is 19.8. The van der Waals surface area contributed by atoms with E-state index in [2.05, 4.69) is 41.7 Å². The summed E-state index contributed by atoms with van der Waals surface area (Å²) in [5.74, 6) is -0.187. The number of benzene rings is 3.